The number of carbonyl (C=O) groups excluding carboxylic acids is 1. The molecule has 0 aromatic carbocycles. The SMILES string of the molecule is CCC(CC)(CO)Nc1cnn(CC(=O)OC)c(=O)c1Cl. The van der Waals surface area contributed by atoms with Crippen molar-refractivity contribution in [3.8, 4) is 0 Å². The summed E-state index contributed by atoms with van der Waals surface area (Å²) in [6, 6.07) is 0. The number of nitrogens with zero attached hydrogens (tertiary/aromatic N) is 2. The van der Waals surface area contributed by atoms with Gasteiger partial charge in [0.15, 0.2) is 0 Å². The van der Waals surface area contributed by atoms with E-state index >= 15 is 0 Å². The zero-order chi connectivity index (χ0) is 16.0. The molecule has 1 heterocycles. The van der Waals surface area contributed by atoms with Gasteiger partial charge in [0.05, 0.1) is 31.1 Å². The Morgan fingerprint density at radius 3 is 2.62 bits per heavy atom. The van der Waals surface area contributed by atoms with E-state index in [4.69, 9.17) is 11.6 Å². The predicted molar refractivity (Wildman–Crippen MR) is 79.5 cm³/mol. The van der Waals surface area contributed by atoms with Crippen molar-refractivity contribution >= 4 is 23.3 Å². The van der Waals surface area contributed by atoms with Crippen LogP contribution in [0.4, 0.5) is 5.69 Å². The van der Waals surface area contributed by atoms with Gasteiger partial charge in [0.1, 0.15) is 11.6 Å². The number of ether oxygens (including phenoxy) is 1. The molecule has 0 bridgehead atoms. The number of aromatic nitrogens is 2. The molecule has 1 rings (SSSR count). The van der Waals surface area contributed by atoms with Crippen molar-refractivity contribution in [1.82, 2.24) is 9.78 Å². The number of esters is 1. The molecule has 0 atom stereocenters. The van der Waals surface area contributed by atoms with Gasteiger partial charge in [-0.05, 0) is 12.8 Å². The van der Waals surface area contributed by atoms with Crippen molar-refractivity contribution in [3.63, 3.8) is 0 Å². The molecule has 118 valence electrons. The third-order valence-electron chi connectivity index (χ3n) is 3.55. The maximum absolute atomic E-state index is 12.1. The Labute approximate surface area is 127 Å². The Hall–Kier alpha value is -1.60. The second-order valence-electron chi connectivity index (χ2n) is 4.68. The molecule has 0 aliphatic heterocycles. The van der Waals surface area contributed by atoms with Gasteiger partial charge in [0, 0.05) is 0 Å². The van der Waals surface area contributed by atoms with Gasteiger partial charge in [0.2, 0.25) is 0 Å². The first-order valence-corrected chi connectivity index (χ1v) is 7.02. The van der Waals surface area contributed by atoms with Crippen LogP contribution in [-0.2, 0) is 16.1 Å². The molecule has 0 saturated carbocycles. The molecule has 2 N–H and O–H groups in total. The number of hydrogen-bond donors (Lipinski definition) is 2. The molecule has 0 aliphatic carbocycles. The standard InChI is InChI=1S/C13H20ClN3O4/c1-4-13(5-2,8-18)16-9-6-15-17(7-10(19)21-3)12(20)11(9)14/h6,16,18H,4-5,7-8H2,1-3H3. The summed E-state index contributed by atoms with van der Waals surface area (Å²) >= 11 is 6.03. The minimum absolute atomic E-state index is 0.0753. The Morgan fingerprint density at radius 2 is 2.14 bits per heavy atom. The van der Waals surface area contributed by atoms with Crippen LogP contribution in [0.2, 0.25) is 5.02 Å². The molecule has 7 nitrogen and oxygen atoms in total. The van der Waals surface area contributed by atoms with E-state index in [1.807, 2.05) is 13.8 Å². The number of anilines is 1. The predicted octanol–water partition coefficient (Wildman–Crippen LogP) is 1.03. The van der Waals surface area contributed by atoms with Crippen LogP contribution in [-0.4, -0.2) is 40.1 Å². The van der Waals surface area contributed by atoms with Crippen molar-refractivity contribution in [1.29, 1.82) is 0 Å². The summed E-state index contributed by atoms with van der Waals surface area (Å²) in [5.41, 5.74) is -0.821. The van der Waals surface area contributed by atoms with Gasteiger partial charge < -0.3 is 15.2 Å². The van der Waals surface area contributed by atoms with Crippen LogP contribution in [0.5, 0.6) is 0 Å². The molecule has 0 unspecified atom stereocenters. The molecule has 0 fully saturated rings. The average Bonchev–Trinajstić information content (AvgIpc) is 2.51. The fourth-order valence-corrected chi connectivity index (χ4v) is 2.02. The summed E-state index contributed by atoms with van der Waals surface area (Å²) in [6.45, 7) is 3.45. The molecule has 8 heteroatoms. The quantitative estimate of drug-likeness (QED) is 0.730. The summed E-state index contributed by atoms with van der Waals surface area (Å²) in [7, 11) is 1.23. The Morgan fingerprint density at radius 1 is 1.52 bits per heavy atom. The number of methoxy groups -OCH3 is 1. The number of hydrogen-bond acceptors (Lipinski definition) is 6. The maximum atomic E-state index is 12.1. The monoisotopic (exact) mass is 317 g/mol. The highest BCUT2D eigenvalue weighted by Crippen LogP contribution is 2.24. The first-order chi connectivity index (χ1) is 9.92. The van der Waals surface area contributed by atoms with Crippen molar-refractivity contribution in [2.45, 2.75) is 38.8 Å². The van der Waals surface area contributed by atoms with Crippen LogP contribution in [0.25, 0.3) is 0 Å². The van der Waals surface area contributed by atoms with Crippen molar-refractivity contribution in [2.75, 3.05) is 19.0 Å². The van der Waals surface area contributed by atoms with Crippen LogP contribution in [0, 0.1) is 0 Å². The highest BCUT2D eigenvalue weighted by Gasteiger charge is 2.26. The van der Waals surface area contributed by atoms with E-state index in [9.17, 15) is 14.7 Å². The normalized spacial score (nSPS) is 11.3. The van der Waals surface area contributed by atoms with Gasteiger partial charge >= 0.3 is 5.97 Å². The van der Waals surface area contributed by atoms with E-state index in [-0.39, 0.29) is 18.2 Å². The third-order valence-corrected chi connectivity index (χ3v) is 3.91. The van der Waals surface area contributed by atoms with E-state index in [1.54, 1.807) is 0 Å². The summed E-state index contributed by atoms with van der Waals surface area (Å²) in [5, 5.41) is 16.4. The smallest absolute Gasteiger partial charge is 0.327 e. The van der Waals surface area contributed by atoms with Gasteiger partial charge in [0.25, 0.3) is 5.56 Å². The van der Waals surface area contributed by atoms with Crippen LogP contribution >= 0.6 is 11.6 Å². The highest BCUT2D eigenvalue weighted by atomic mass is 35.5. The molecule has 0 radical (unpaired) electrons. The number of carbonyl (C=O) groups is 1. The van der Waals surface area contributed by atoms with Crippen LogP contribution in [0.1, 0.15) is 26.7 Å². The van der Waals surface area contributed by atoms with Gasteiger partial charge in [-0.25, -0.2) is 4.68 Å². The molecule has 0 saturated heterocycles. The zero-order valence-electron chi connectivity index (χ0n) is 12.4. The molecule has 0 spiro atoms. The number of aliphatic hydroxyl groups is 1. The van der Waals surface area contributed by atoms with Gasteiger partial charge in [-0.15, -0.1) is 0 Å². The largest absolute Gasteiger partial charge is 0.468 e. The lowest BCUT2D eigenvalue weighted by atomic mass is 9.93. The summed E-state index contributed by atoms with van der Waals surface area (Å²) in [6.07, 6.45) is 2.67. The molecule has 0 amide bonds. The maximum Gasteiger partial charge on any atom is 0.327 e. The van der Waals surface area contributed by atoms with Crippen molar-refractivity contribution in [3.05, 3.63) is 21.6 Å². The van der Waals surface area contributed by atoms with E-state index in [0.717, 1.165) is 4.68 Å². The third kappa shape index (κ3) is 3.95. The fraction of sp³-hybridized carbons (Fsp3) is 0.615. The Bertz CT molecular complexity index is 547. The first-order valence-electron chi connectivity index (χ1n) is 6.64. The van der Waals surface area contributed by atoms with Crippen LogP contribution in [0.3, 0.4) is 0 Å². The van der Waals surface area contributed by atoms with Gasteiger partial charge in [-0.1, -0.05) is 25.4 Å². The molecule has 1 aromatic rings. The minimum Gasteiger partial charge on any atom is -0.468 e. The molecular formula is C13H20ClN3O4. The fourth-order valence-electron chi connectivity index (χ4n) is 1.83. The lowest BCUT2D eigenvalue weighted by Gasteiger charge is -2.32. The van der Waals surface area contributed by atoms with Gasteiger partial charge in [-0.2, -0.15) is 5.10 Å². The minimum atomic E-state index is -0.592. The van der Waals surface area contributed by atoms with E-state index in [1.165, 1.54) is 13.3 Å². The van der Waals surface area contributed by atoms with Crippen molar-refractivity contribution in [2.24, 2.45) is 0 Å². The Kier molecular flexibility index (Phi) is 6.17. The molecule has 1 aromatic heterocycles. The summed E-state index contributed by atoms with van der Waals surface area (Å²) in [5.74, 6) is -0.590. The number of aliphatic hydroxyl groups excluding tert-OH is 1. The molecular weight excluding hydrogens is 298 g/mol. The lowest BCUT2D eigenvalue weighted by Crippen LogP contribution is -2.41. The molecule has 21 heavy (non-hydrogen) atoms. The van der Waals surface area contributed by atoms with Crippen LogP contribution in [0.15, 0.2) is 11.0 Å². The summed E-state index contributed by atoms with van der Waals surface area (Å²) < 4.78 is 5.41. The number of nitrogens with one attached hydrogen (secondary N) is 1. The van der Waals surface area contributed by atoms with Crippen molar-refractivity contribution < 1.29 is 14.6 Å². The average molecular weight is 318 g/mol. The number of halogens is 1. The molecule has 0 aliphatic rings. The van der Waals surface area contributed by atoms with E-state index in [0.29, 0.717) is 18.5 Å². The first kappa shape index (κ1) is 17.5. The van der Waals surface area contributed by atoms with E-state index in [2.05, 4.69) is 15.2 Å². The summed E-state index contributed by atoms with van der Waals surface area (Å²) in [4.78, 5) is 23.2. The second-order valence-corrected chi connectivity index (χ2v) is 5.06. The van der Waals surface area contributed by atoms with Crippen LogP contribution < -0.4 is 10.9 Å². The number of rotatable bonds is 7. The highest BCUT2D eigenvalue weighted by molar-refractivity contribution is 6.32. The van der Waals surface area contributed by atoms with E-state index < -0.39 is 17.1 Å². The zero-order valence-corrected chi connectivity index (χ0v) is 13.1. The topological polar surface area (TPSA) is 93.5 Å². The van der Waals surface area contributed by atoms with Gasteiger partial charge in [-0.3, -0.25) is 9.59 Å². The lowest BCUT2D eigenvalue weighted by molar-refractivity contribution is -0.141. The Balaban J connectivity index is 3.10. The second kappa shape index (κ2) is 7.42.